The number of carbonyl (C=O) groups excluding carboxylic acids is 1. The SMILES string of the molecule is CC(C)c1nccn1[C@@H]1CCCN(C(=O)c2ccc3c(c2)OCO3)C1. The number of nitrogens with zero attached hydrogens (tertiary/aromatic N) is 3. The highest BCUT2D eigenvalue weighted by Gasteiger charge is 2.28. The first kappa shape index (κ1) is 16.0. The molecule has 1 fully saturated rings. The van der Waals surface area contributed by atoms with E-state index in [-0.39, 0.29) is 18.7 Å². The zero-order chi connectivity index (χ0) is 17.4. The third kappa shape index (κ3) is 2.97. The molecule has 6 nitrogen and oxygen atoms in total. The van der Waals surface area contributed by atoms with Gasteiger partial charge in [-0.3, -0.25) is 4.79 Å². The van der Waals surface area contributed by atoms with Gasteiger partial charge in [0.15, 0.2) is 11.5 Å². The van der Waals surface area contributed by atoms with Crippen LogP contribution in [0.2, 0.25) is 0 Å². The van der Waals surface area contributed by atoms with Gasteiger partial charge in [0.05, 0.1) is 6.04 Å². The number of benzene rings is 1. The molecule has 3 heterocycles. The summed E-state index contributed by atoms with van der Waals surface area (Å²) < 4.78 is 13.0. The summed E-state index contributed by atoms with van der Waals surface area (Å²) in [5.41, 5.74) is 0.652. The molecule has 0 N–H and O–H groups in total. The van der Waals surface area contributed by atoms with Gasteiger partial charge in [-0.1, -0.05) is 13.8 Å². The number of fused-ring (bicyclic) bond motifs is 1. The van der Waals surface area contributed by atoms with Gasteiger partial charge in [0.25, 0.3) is 5.91 Å². The fourth-order valence-electron chi connectivity index (χ4n) is 3.66. The van der Waals surface area contributed by atoms with Crippen LogP contribution in [0.25, 0.3) is 0 Å². The predicted molar refractivity (Wildman–Crippen MR) is 93.1 cm³/mol. The Morgan fingerprint density at radius 3 is 2.96 bits per heavy atom. The third-order valence-corrected chi connectivity index (χ3v) is 4.91. The van der Waals surface area contributed by atoms with Crippen molar-refractivity contribution in [3.05, 3.63) is 42.0 Å². The van der Waals surface area contributed by atoms with Crippen molar-refractivity contribution < 1.29 is 14.3 Å². The van der Waals surface area contributed by atoms with Crippen LogP contribution in [0.4, 0.5) is 0 Å². The number of imidazole rings is 1. The van der Waals surface area contributed by atoms with Crippen LogP contribution in [0.5, 0.6) is 11.5 Å². The Labute approximate surface area is 147 Å². The summed E-state index contributed by atoms with van der Waals surface area (Å²) in [5, 5.41) is 0. The average Bonchev–Trinajstić information content (AvgIpc) is 3.29. The molecular weight excluding hydrogens is 318 g/mol. The fourth-order valence-corrected chi connectivity index (χ4v) is 3.66. The maximum Gasteiger partial charge on any atom is 0.254 e. The Morgan fingerprint density at radius 1 is 1.28 bits per heavy atom. The second-order valence-electron chi connectivity index (χ2n) is 6.96. The lowest BCUT2D eigenvalue weighted by molar-refractivity contribution is 0.0677. The van der Waals surface area contributed by atoms with Gasteiger partial charge in [0.2, 0.25) is 6.79 Å². The van der Waals surface area contributed by atoms with E-state index in [0.717, 1.165) is 25.2 Å². The van der Waals surface area contributed by atoms with E-state index in [2.05, 4.69) is 23.4 Å². The van der Waals surface area contributed by atoms with Crippen LogP contribution >= 0.6 is 0 Å². The number of aromatic nitrogens is 2. The molecule has 0 aliphatic carbocycles. The number of amides is 1. The Hall–Kier alpha value is -2.50. The van der Waals surface area contributed by atoms with Crippen molar-refractivity contribution in [3.8, 4) is 11.5 Å². The quantitative estimate of drug-likeness (QED) is 0.860. The minimum absolute atomic E-state index is 0.0502. The van der Waals surface area contributed by atoms with E-state index in [4.69, 9.17) is 9.47 Å². The van der Waals surface area contributed by atoms with Crippen LogP contribution in [-0.2, 0) is 0 Å². The minimum Gasteiger partial charge on any atom is -0.454 e. The molecule has 0 radical (unpaired) electrons. The molecule has 0 unspecified atom stereocenters. The molecule has 2 aliphatic heterocycles. The van der Waals surface area contributed by atoms with Crippen molar-refractivity contribution in [1.29, 1.82) is 0 Å². The van der Waals surface area contributed by atoms with Gasteiger partial charge in [-0.15, -0.1) is 0 Å². The van der Waals surface area contributed by atoms with Gasteiger partial charge in [-0.05, 0) is 31.0 Å². The Morgan fingerprint density at radius 2 is 2.12 bits per heavy atom. The van der Waals surface area contributed by atoms with E-state index in [9.17, 15) is 4.79 Å². The summed E-state index contributed by atoms with van der Waals surface area (Å²) in [6.07, 6.45) is 5.96. The summed E-state index contributed by atoms with van der Waals surface area (Å²) in [6.45, 7) is 6.02. The first-order valence-corrected chi connectivity index (χ1v) is 8.85. The number of hydrogen-bond donors (Lipinski definition) is 0. The van der Waals surface area contributed by atoms with Crippen LogP contribution < -0.4 is 9.47 Å². The van der Waals surface area contributed by atoms with Crippen LogP contribution in [0.1, 0.15) is 54.8 Å². The molecule has 0 spiro atoms. The topological polar surface area (TPSA) is 56.6 Å². The molecule has 1 aromatic carbocycles. The molecule has 1 saturated heterocycles. The first-order chi connectivity index (χ1) is 12.1. The summed E-state index contributed by atoms with van der Waals surface area (Å²) >= 11 is 0. The molecular formula is C19H23N3O3. The van der Waals surface area contributed by atoms with Crippen molar-refractivity contribution in [2.75, 3.05) is 19.9 Å². The van der Waals surface area contributed by atoms with E-state index < -0.39 is 0 Å². The van der Waals surface area contributed by atoms with E-state index in [1.807, 2.05) is 29.4 Å². The molecule has 0 bridgehead atoms. The van der Waals surface area contributed by atoms with Crippen LogP contribution in [0, 0.1) is 0 Å². The predicted octanol–water partition coefficient (Wildman–Crippen LogP) is 3.21. The maximum absolute atomic E-state index is 12.9. The minimum atomic E-state index is 0.0502. The van der Waals surface area contributed by atoms with Gasteiger partial charge < -0.3 is 18.9 Å². The van der Waals surface area contributed by atoms with E-state index in [1.165, 1.54) is 0 Å². The highest BCUT2D eigenvalue weighted by molar-refractivity contribution is 5.95. The second-order valence-corrected chi connectivity index (χ2v) is 6.96. The molecule has 2 aromatic rings. The number of hydrogen-bond acceptors (Lipinski definition) is 4. The van der Waals surface area contributed by atoms with Crippen LogP contribution in [0.15, 0.2) is 30.6 Å². The Kier molecular flexibility index (Phi) is 4.11. The lowest BCUT2D eigenvalue weighted by Crippen LogP contribution is -2.41. The molecule has 4 rings (SSSR count). The molecule has 1 aromatic heterocycles. The van der Waals surface area contributed by atoms with Crippen molar-refractivity contribution >= 4 is 5.91 Å². The first-order valence-electron chi connectivity index (χ1n) is 8.85. The number of carbonyl (C=O) groups is 1. The maximum atomic E-state index is 12.9. The summed E-state index contributed by atoms with van der Waals surface area (Å²) in [5.74, 6) is 2.86. The van der Waals surface area contributed by atoms with Gasteiger partial charge in [-0.2, -0.15) is 0 Å². The highest BCUT2D eigenvalue weighted by atomic mass is 16.7. The van der Waals surface area contributed by atoms with E-state index in [1.54, 1.807) is 6.07 Å². The summed E-state index contributed by atoms with van der Waals surface area (Å²) in [7, 11) is 0. The number of piperidine rings is 1. The third-order valence-electron chi connectivity index (χ3n) is 4.91. The number of ether oxygens (including phenoxy) is 2. The van der Waals surface area contributed by atoms with Crippen molar-refractivity contribution in [1.82, 2.24) is 14.5 Å². The summed E-state index contributed by atoms with van der Waals surface area (Å²) in [4.78, 5) is 19.4. The normalized spacial score (nSPS) is 19.5. The molecule has 6 heteroatoms. The van der Waals surface area contributed by atoms with Gasteiger partial charge in [0, 0.05) is 37.0 Å². The van der Waals surface area contributed by atoms with E-state index >= 15 is 0 Å². The van der Waals surface area contributed by atoms with Gasteiger partial charge in [-0.25, -0.2) is 4.98 Å². The molecule has 1 atom stereocenters. The van der Waals surface area contributed by atoms with Gasteiger partial charge >= 0.3 is 0 Å². The van der Waals surface area contributed by atoms with E-state index in [0.29, 0.717) is 29.5 Å². The molecule has 1 amide bonds. The average molecular weight is 341 g/mol. The molecule has 0 saturated carbocycles. The highest BCUT2D eigenvalue weighted by Crippen LogP contribution is 2.33. The zero-order valence-electron chi connectivity index (χ0n) is 14.6. The molecule has 132 valence electrons. The van der Waals surface area contributed by atoms with Crippen LogP contribution in [0.3, 0.4) is 0 Å². The van der Waals surface area contributed by atoms with Crippen LogP contribution in [-0.4, -0.2) is 40.2 Å². The number of likely N-dealkylation sites (tertiary alicyclic amines) is 1. The Balaban J connectivity index is 1.53. The smallest absolute Gasteiger partial charge is 0.254 e. The van der Waals surface area contributed by atoms with Crippen molar-refractivity contribution in [2.24, 2.45) is 0 Å². The molecule has 25 heavy (non-hydrogen) atoms. The lowest BCUT2D eigenvalue weighted by Gasteiger charge is -2.34. The standard InChI is InChI=1S/C19H23N3O3/c1-13(2)18-20-7-9-22(18)15-4-3-8-21(11-15)19(23)14-5-6-16-17(10-14)25-12-24-16/h5-7,9-10,13,15H,3-4,8,11-12H2,1-2H3/t15-/m1/s1. The zero-order valence-corrected chi connectivity index (χ0v) is 14.6. The lowest BCUT2D eigenvalue weighted by atomic mass is 10.0. The fraction of sp³-hybridized carbons (Fsp3) is 0.474. The second kappa shape index (κ2) is 6.43. The van der Waals surface area contributed by atoms with Crippen molar-refractivity contribution in [2.45, 2.75) is 38.6 Å². The van der Waals surface area contributed by atoms with Gasteiger partial charge in [0.1, 0.15) is 5.82 Å². The summed E-state index contributed by atoms with van der Waals surface area (Å²) in [6, 6.07) is 5.69. The van der Waals surface area contributed by atoms with Crippen molar-refractivity contribution in [3.63, 3.8) is 0 Å². The Bertz CT molecular complexity index is 784. The molecule has 2 aliphatic rings. The largest absolute Gasteiger partial charge is 0.454 e. The number of rotatable bonds is 3. The monoisotopic (exact) mass is 341 g/mol.